The first-order valence-corrected chi connectivity index (χ1v) is 9.98. The van der Waals surface area contributed by atoms with Gasteiger partial charge in [0.1, 0.15) is 23.9 Å². The minimum Gasteiger partial charge on any atom is -0.486 e. The number of rotatable bonds is 5. The van der Waals surface area contributed by atoms with Crippen LogP contribution >= 0.6 is 11.3 Å². The van der Waals surface area contributed by atoms with Crippen LogP contribution in [0.1, 0.15) is 10.4 Å². The third-order valence-corrected chi connectivity index (χ3v) is 5.47. The number of fused-ring (bicyclic) bond motifs is 2. The smallest absolute Gasteiger partial charge is 0.253 e. The summed E-state index contributed by atoms with van der Waals surface area (Å²) in [7, 11) is 0. The summed E-state index contributed by atoms with van der Waals surface area (Å²) in [5.41, 5.74) is 1.19. The maximum absolute atomic E-state index is 5.67. The standard InChI is InChI=1S/C20H19N5O2S/c1-13-11-15-18(23-20(24-19(15)28-13)25-8-2-6-22-25)21-7-5-14-3-4-16-17(12-14)27-10-9-26-16/h2-4,6,8,11-12H,5,7,9-10H2,1H3,(H,21,23,24). The molecule has 0 amide bonds. The molecule has 0 saturated carbocycles. The van der Waals surface area contributed by atoms with Crippen LogP contribution in [0.5, 0.6) is 11.5 Å². The van der Waals surface area contributed by atoms with E-state index in [2.05, 4.69) is 40.5 Å². The van der Waals surface area contributed by atoms with Gasteiger partial charge >= 0.3 is 0 Å². The van der Waals surface area contributed by atoms with E-state index >= 15 is 0 Å². The lowest BCUT2D eigenvalue weighted by Gasteiger charge is -2.19. The summed E-state index contributed by atoms with van der Waals surface area (Å²) < 4.78 is 12.9. The maximum Gasteiger partial charge on any atom is 0.253 e. The Hall–Kier alpha value is -3.13. The molecule has 0 radical (unpaired) electrons. The maximum atomic E-state index is 5.67. The van der Waals surface area contributed by atoms with Crippen molar-refractivity contribution in [2.45, 2.75) is 13.3 Å². The van der Waals surface area contributed by atoms with Crippen molar-refractivity contribution >= 4 is 27.4 Å². The fraction of sp³-hybridized carbons (Fsp3) is 0.250. The molecule has 0 saturated heterocycles. The second-order valence-electron chi connectivity index (χ2n) is 6.55. The molecule has 0 fully saturated rings. The van der Waals surface area contributed by atoms with Gasteiger partial charge in [0.2, 0.25) is 0 Å². The molecule has 1 aliphatic heterocycles. The van der Waals surface area contributed by atoms with Gasteiger partial charge in [0, 0.05) is 23.8 Å². The largest absolute Gasteiger partial charge is 0.486 e. The van der Waals surface area contributed by atoms with Crippen molar-refractivity contribution in [1.29, 1.82) is 0 Å². The lowest BCUT2D eigenvalue weighted by Crippen LogP contribution is -2.15. The summed E-state index contributed by atoms with van der Waals surface area (Å²) in [6.45, 7) is 4.04. The number of hydrogen-bond donors (Lipinski definition) is 1. The van der Waals surface area contributed by atoms with E-state index in [1.165, 1.54) is 10.4 Å². The predicted molar refractivity (Wildman–Crippen MR) is 109 cm³/mol. The fourth-order valence-corrected chi connectivity index (χ4v) is 4.10. The lowest BCUT2D eigenvalue weighted by atomic mass is 10.1. The summed E-state index contributed by atoms with van der Waals surface area (Å²) in [5, 5.41) is 8.77. The average Bonchev–Trinajstić information content (AvgIpc) is 3.37. The van der Waals surface area contributed by atoms with Gasteiger partial charge in [0.05, 0.1) is 5.39 Å². The molecule has 3 aromatic heterocycles. The van der Waals surface area contributed by atoms with E-state index in [4.69, 9.17) is 14.5 Å². The van der Waals surface area contributed by atoms with Crippen LogP contribution in [0.3, 0.4) is 0 Å². The average molecular weight is 393 g/mol. The molecule has 5 rings (SSSR count). The van der Waals surface area contributed by atoms with Crippen LogP contribution < -0.4 is 14.8 Å². The molecule has 0 bridgehead atoms. The van der Waals surface area contributed by atoms with Crippen molar-refractivity contribution in [2.24, 2.45) is 0 Å². The number of ether oxygens (including phenoxy) is 2. The molecule has 28 heavy (non-hydrogen) atoms. The molecule has 8 heteroatoms. The highest BCUT2D eigenvalue weighted by Gasteiger charge is 2.13. The van der Waals surface area contributed by atoms with Crippen LogP contribution in [0, 0.1) is 6.92 Å². The molecule has 0 atom stereocenters. The number of anilines is 1. The Morgan fingerprint density at radius 2 is 2.04 bits per heavy atom. The molecule has 1 N–H and O–H groups in total. The van der Waals surface area contributed by atoms with Crippen molar-refractivity contribution in [2.75, 3.05) is 25.1 Å². The van der Waals surface area contributed by atoms with Gasteiger partial charge in [-0.05, 0) is 43.2 Å². The fourth-order valence-electron chi connectivity index (χ4n) is 3.22. The molecule has 4 aromatic rings. The molecular formula is C20H19N5O2S. The van der Waals surface area contributed by atoms with Gasteiger partial charge in [-0.1, -0.05) is 6.07 Å². The van der Waals surface area contributed by atoms with Crippen LogP contribution in [0.2, 0.25) is 0 Å². The van der Waals surface area contributed by atoms with E-state index < -0.39 is 0 Å². The van der Waals surface area contributed by atoms with Gasteiger partial charge in [-0.2, -0.15) is 15.1 Å². The van der Waals surface area contributed by atoms with E-state index in [0.29, 0.717) is 19.2 Å². The Morgan fingerprint density at radius 1 is 1.14 bits per heavy atom. The summed E-state index contributed by atoms with van der Waals surface area (Å²) in [6.07, 6.45) is 4.42. The van der Waals surface area contributed by atoms with Gasteiger partial charge in [-0.25, -0.2) is 4.68 Å². The van der Waals surface area contributed by atoms with Gasteiger partial charge in [-0.15, -0.1) is 11.3 Å². The van der Waals surface area contributed by atoms with Crippen molar-refractivity contribution in [3.8, 4) is 17.4 Å². The number of nitrogens with one attached hydrogen (secondary N) is 1. The second-order valence-corrected chi connectivity index (χ2v) is 7.79. The molecule has 142 valence electrons. The Morgan fingerprint density at radius 3 is 2.89 bits per heavy atom. The number of hydrogen-bond acceptors (Lipinski definition) is 7. The summed E-state index contributed by atoms with van der Waals surface area (Å²) >= 11 is 1.66. The third kappa shape index (κ3) is 3.27. The summed E-state index contributed by atoms with van der Waals surface area (Å²) in [4.78, 5) is 11.5. The Balaban J connectivity index is 1.37. The van der Waals surface area contributed by atoms with Crippen LogP contribution in [-0.2, 0) is 6.42 Å². The number of aryl methyl sites for hydroxylation is 1. The topological polar surface area (TPSA) is 74.1 Å². The van der Waals surface area contributed by atoms with Crippen LogP contribution in [-0.4, -0.2) is 39.5 Å². The number of nitrogens with zero attached hydrogens (tertiary/aromatic N) is 4. The minimum absolute atomic E-state index is 0.571. The van der Waals surface area contributed by atoms with Crippen LogP contribution in [0.25, 0.3) is 16.2 Å². The van der Waals surface area contributed by atoms with Gasteiger partial charge < -0.3 is 14.8 Å². The predicted octanol–water partition coefficient (Wildman–Crippen LogP) is 3.61. The minimum atomic E-state index is 0.571. The normalized spacial score (nSPS) is 13.0. The van der Waals surface area contributed by atoms with Crippen molar-refractivity contribution in [3.05, 3.63) is 53.2 Å². The van der Waals surface area contributed by atoms with Crippen molar-refractivity contribution in [3.63, 3.8) is 0 Å². The molecule has 0 spiro atoms. The van der Waals surface area contributed by atoms with Crippen LogP contribution in [0.15, 0.2) is 42.7 Å². The first kappa shape index (κ1) is 17.0. The van der Waals surface area contributed by atoms with E-state index in [9.17, 15) is 0 Å². The summed E-state index contributed by atoms with van der Waals surface area (Å²) in [6, 6.07) is 10.1. The zero-order chi connectivity index (χ0) is 18.9. The van der Waals surface area contributed by atoms with Gasteiger partial charge in [0.15, 0.2) is 11.5 Å². The van der Waals surface area contributed by atoms with Gasteiger partial charge in [-0.3, -0.25) is 0 Å². The Kier molecular flexibility index (Phi) is 4.32. The van der Waals surface area contributed by atoms with E-state index in [0.717, 1.165) is 40.5 Å². The molecule has 0 aliphatic carbocycles. The number of thiophene rings is 1. The molecule has 7 nitrogen and oxygen atoms in total. The first-order chi connectivity index (χ1) is 13.8. The highest BCUT2D eigenvalue weighted by atomic mass is 32.1. The molecule has 0 unspecified atom stereocenters. The Bertz CT molecular complexity index is 1120. The number of benzene rings is 1. The molecule has 1 aromatic carbocycles. The molecule has 4 heterocycles. The van der Waals surface area contributed by atoms with Crippen molar-refractivity contribution in [1.82, 2.24) is 19.7 Å². The Labute approximate surface area is 166 Å². The van der Waals surface area contributed by atoms with Gasteiger partial charge in [0.25, 0.3) is 5.95 Å². The molecular weight excluding hydrogens is 374 g/mol. The second kappa shape index (κ2) is 7.12. The monoisotopic (exact) mass is 393 g/mol. The molecule has 1 aliphatic rings. The third-order valence-electron chi connectivity index (χ3n) is 4.53. The van der Waals surface area contributed by atoms with E-state index in [-0.39, 0.29) is 0 Å². The van der Waals surface area contributed by atoms with E-state index in [1.54, 1.807) is 22.2 Å². The van der Waals surface area contributed by atoms with Crippen LogP contribution in [0.4, 0.5) is 5.82 Å². The zero-order valence-corrected chi connectivity index (χ0v) is 16.2. The SMILES string of the molecule is Cc1cc2c(NCCc3ccc4c(c3)OCCO4)nc(-n3cccn3)nc2s1. The highest BCUT2D eigenvalue weighted by Crippen LogP contribution is 2.31. The number of aromatic nitrogens is 4. The van der Waals surface area contributed by atoms with E-state index in [1.807, 2.05) is 18.3 Å². The highest BCUT2D eigenvalue weighted by molar-refractivity contribution is 7.18. The lowest BCUT2D eigenvalue weighted by molar-refractivity contribution is 0.171. The zero-order valence-electron chi connectivity index (χ0n) is 15.4. The quantitative estimate of drug-likeness (QED) is 0.558. The first-order valence-electron chi connectivity index (χ1n) is 9.17. The summed E-state index contributed by atoms with van der Waals surface area (Å²) in [5.74, 6) is 3.04. The van der Waals surface area contributed by atoms with Crippen molar-refractivity contribution < 1.29 is 9.47 Å².